The van der Waals surface area contributed by atoms with E-state index in [0.29, 0.717) is 11.5 Å². The standard InChI is InChI=1S/C23H32N4O/c1-26(2)17-14-24-22-11-10-21(18-25-22)23(28)27-15-12-20(13-16-27)9-8-19-6-4-3-5-7-19/h3-7,10-11,18,20H,8-9,12-17H2,1-2H3,(H,24,25). The first-order valence-electron chi connectivity index (χ1n) is 10.3. The van der Waals surface area contributed by atoms with Crippen molar-refractivity contribution in [1.29, 1.82) is 0 Å². The van der Waals surface area contributed by atoms with Gasteiger partial charge < -0.3 is 15.1 Å². The Balaban J connectivity index is 1.43. The van der Waals surface area contributed by atoms with Crippen LogP contribution < -0.4 is 5.32 Å². The predicted molar refractivity (Wildman–Crippen MR) is 115 cm³/mol. The molecule has 28 heavy (non-hydrogen) atoms. The Bertz CT molecular complexity index is 722. The van der Waals surface area contributed by atoms with E-state index in [1.807, 2.05) is 31.1 Å². The molecule has 0 saturated carbocycles. The fraction of sp³-hybridized carbons (Fsp3) is 0.478. The summed E-state index contributed by atoms with van der Waals surface area (Å²) in [7, 11) is 4.09. The number of benzene rings is 1. The van der Waals surface area contributed by atoms with Crippen LogP contribution in [-0.4, -0.2) is 61.0 Å². The van der Waals surface area contributed by atoms with Crippen LogP contribution in [0.5, 0.6) is 0 Å². The minimum atomic E-state index is 0.105. The zero-order valence-corrected chi connectivity index (χ0v) is 17.1. The number of likely N-dealkylation sites (tertiary alicyclic amines) is 1. The molecule has 0 bridgehead atoms. The van der Waals surface area contributed by atoms with Crippen molar-refractivity contribution in [3.8, 4) is 0 Å². The van der Waals surface area contributed by atoms with Gasteiger partial charge in [0, 0.05) is 32.4 Å². The third kappa shape index (κ3) is 6.06. The van der Waals surface area contributed by atoms with E-state index in [4.69, 9.17) is 0 Å². The number of aryl methyl sites for hydroxylation is 1. The van der Waals surface area contributed by atoms with E-state index in [0.717, 1.165) is 51.3 Å². The lowest BCUT2D eigenvalue weighted by Crippen LogP contribution is -2.38. The molecular weight excluding hydrogens is 348 g/mol. The summed E-state index contributed by atoms with van der Waals surface area (Å²) in [6.45, 7) is 3.48. The number of likely N-dealkylation sites (N-methyl/N-ethyl adjacent to an activating group) is 1. The van der Waals surface area contributed by atoms with Crippen LogP contribution in [-0.2, 0) is 6.42 Å². The summed E-state index contributed by atoms with van der Waals surface area (Å²) in [5, 5.41) is 3.28. The Kier molecular flexibility index (Phi) is 7.43. The maximum atomic E-state index is 12.8. The van der Waals surface area contributed by atoms with E-state index in [2.05, 4.69) is 45.5 Å². The Hall–Kier alpha value is -2.40. The first-order chi connectivity index (χ1) is 13.6. The Labute approximate surface area is 168 Å². The third-order valence-electron chi connectivity index (χ3n) is 5.46. The zero-order valence-electron chi connectivity index (χ0n) is 17.1. The number of carbonyl (C=O) groups excluding carboxylic acids is 1. The SMILES string of the molecule is CN(C)CCNc1ccc(C(=O)N2CCC(CCc3ccccc3)CC2)cn1. The van der Waals surface area contributed by atoms with E-state index in [9.17, 15) is 4.79 Å². The maximum absolute atomic E-state index is 12.8. The molecule has 2 aromatic rings. The van der Waals surface area contributed by atoms with Crippen molar-refractivity contribution in [1.82, 2.24) is 14.8 Å². The van der Waals surface area contributed by atoms with Gasteiger partial charge in [-0.3, -0.25) is 4.79 Å². The number of hydrogen-bond donors (Lipinski definition) is 1. The second kappa shape index (κ2) is 10.2. The van der Waals surface area contributed by atoms with Crippen molar-refractivity contribution >= 4 is 11.7 Å². The topological polar surface area (TPSA) is 48.5 Å². The fourth-order valence-electron chi connectivity index (χ4n) is 3.66. The molecule has 0 aliphatic carbocycles. The van der Waals surface area contributed by atoms with E-state index in [-0.39, 0.29) is 5.91 Å². The molecule has 1 aromatic carbocycles. The molecule has 0 spiro atoms. The number of carbonyl (C=O) groups is 1. The van der Waals surface area contributed by atoms with Gasteiger partial charge in [-0.05, 0) is 63.4 Å². The molecule has 150 valence electrons. The van der Waals surface area contributed by atoms with Crippen molar-refractivity contribution in [3.63, 3.8) is 0 Å². The van der Waals surface area contributed by atoms with Crippen LogP contribution >= 0.6 is 0 Å². The van der Waals surface area contributed by atoms with Crippen molar-refractivity contribution in [3.05, 3.63) is 59.8 Å². The van der Waals surface area contributed by atoms with Crippen molar-refractivity contribution in [2.75, 3.05) is 45.6 Å². The molecule has 0 unspecified atom stereocenters. The number of rotatable bonds is 8. The van der Waals surface area contributed by atoms with Crippen molar-refractivity contribution in [2.45, 2.75) is 25.7 Å². The van der Waals surface area contributed by atoms with Crippen molar-refractivity contribution in [2.24, 2.45) is 5.92 Å². The molecule has 1 aliphatic heterocycles. The van der Waals surface area contributed by atoms with Gasteiger partial charge in [-0.25, -0.2) is 4.98 Å². The quantitative estimate of drug-likeness (QED) is 0.761. The minimum Gasteiger partial charge on any atom is -0.369 e. The number of pyridine rings is 1. The third-order valence-corrected chi connectivity index (χ3v) is 5.46. The summed E-state index contributed by atoms with van der Waals surface area (Å²) in [5.74, 6) is 1.64. The van der Waals surface area contributed by atoms with Gasteiger partial charge in [0.05, 0.1) is 5.56 Å². The van der Waals surface area contributed by atoms with E-state index in [1.165, 1.54) is 12.0 Å². The molecule has 1 aliphatic rings. The summed E-state index contributed by atoms with van der Waals surface area (Å²) in [5.41, 5.74) is 2.09. The normalized spacial score (nSPS) is 15.0. The number of hydrogen-bond acceptors (Lipinski definition) is 4. The smallest absolute Gasteiger partial charge is 0.255 e. The molecule has 2 heterocycles. The van der Waals surface area contributed by atoms with Crippen molar-refractivity contribution < 1.29 is 4.79 Å². The molecular formula is C23H32N4O. The minimum absolute atomic E-state index is 0.105. The summed E-state index contributed by atoms with van der Waals surface area (Å²) in [4.78, 5) is 21.3. The van der Waals surface area contributed by atoms with Crippen LogP contribution in [0.3, 0.4) is 0 Å². The average molecular weight is 381 g/mol. The lowest BCUT2D eigenvalue weighted by atomic mass is 9.90. The number of nitrogens with one attached hydrogen (secondary N) is 1. The first-order valence-corrected chi connectivity index (χ1v) is 10.3. The molecule has 0 radical (unpaired) electrons. The van der Waals surface area contributed by atoms with E-state index in [1.54, 1.807) is 6.20 Å². The highest BCUT2D eigenvalue weighted by atomic mass is 16.2. The van der Waals surface area contributed by atoms with E-state index >= 15 is 0 Å². The Morgan fingerprint density at radius 3 is 2.54 bits per heavy atom. The molecule has 1 fully saturated rings. The van der Waals surface area contributed by atoms with Gasteiger partial charge >= 0.3 is 0 Å². The van der Waals surface area contributed by atoms with E-state index < -0.39 is 0 Å². The largest absolute Gasteiger partial charge is 0.369 e. The van der Waals surface area contributed by atoms with Crippen LogP contribution in [0.2, 0.25) is 0 Å². The number of anilines is 1. The molecule has 5 nitrogen and oxygen atoms in total. The fourth-order valence-corrected chi connectivity index (χ4v) is 3.66. The van der Waals surface area contributed by atoms with Gasteiger partial charge in [0.15, 0.2) is 0 Å². The zero-order chi connectivity index (χ0) is 19.8. The summed E-state index contributed by atoms with van der Waals surface area (Å²) in [6, 6.07) is 14.5. The van der Waals surface area contributed by atoms with Crippen LogP contribution in [0, 0.1) is 5.92 Å². The van der Waals surface area contributed by atoms with Crippen LogP contribution in [0.15, 0.2) is 48.7 Å². The van der Waals surface area contributed by atoms with Gasteiger partial charge in [0.2, 0.25) is 0 Å². The number of aromatic nitrogens is 1. The Morgan fingerprint density at radius 1 is 1.14 bits per heavy atom. The lowest BCUT2D eigenvalue weighted by Gasteiger charge is -2.32. The molecule has 5 heteroatoms. The molecule has 1 saturated heterocycles. The van der Waals surface area contributed by atoms with Crippen LogP contribution in [0.25, 0.3) is 0 Å². The summed E-state index contributed by atoms with van der Waals surface area (Å²) in [6.07, 6.45) is 6.22. The summed E-state index contributed by atoms with van der Waals surface area (Å²) >= 11 is 0. The highest BCUT2D eigenvalue weighted by molar-refractivity contribution is 5.94. The Morgan fingerprint density at radius 2 is 1.89 bits per heavy atom. The first kappa shape index (κ1) is 20.3. The summed E-state index contributed by atoms with van der Waals surface area (Å²) < 4.78 is 0. The molecule has 1 aromatic heterocycles. The lowest BCUT2D eigenvalue weighted by molar-refractivity contribution is 0.0686. The second-order valence-electron chi connectivity index (χ2n) is 7.92. The average Bonchev–Trinajstić information content (AvgIpc) is 2.73. The molecule has 1 amide bonds. The van der Waals surface area contributed by atoms with Gasteiger partial charge in [-0.2, -0.15) is 0 Å². The van der Waals surface area contributed by atoms with Gasteiger partial charge in [0.25, 0.3) is 5.91 Å². The maximum Gasteiger partial charge on any atom is 0.255 e. The van der Waals surface area contributed by atoms with Gasteiger partial charge in [-0.1, -0.05) is 30.3 Å². The monoisotopic (exact) mass is 380 g/mol. The molecule has 0 atom stereocenters. The predicted octanol–water partition coefficient (Wildman–Crippen LogP) is 3.54. The number of piperidine rings is 1. The highest BCUT2D eigenvalue weighted by Crippen LogP contribution is 2.23. The number of amides is 1. The highest BCUT2D eigenvalue weighted by Gasteiger charge is 2.23. The molecule has 1 N–H and O–H groups in total. The van der Waals surface area contributed by atoms with Crippen LogP contribution in [0.4, 0.5) is 5.82 Å². The van der Waals surface area contributed by atoms with Gasteiger partial charge in [0.1, 0.15) is 5.82 Å². The van der Waals surface area contributed by atoms with Crippen LogP contribution in [0.1, 0.15) is 35.2 Å². The van der Waals surface area contributed by atoms with Gasteiger partial charge in [-0.15, -0.1) is 0 Å². The number of nitrogens with zero attached hydrogens (tertiary/aromatic N) is 3. The second-order valence-corrected chi connectivity index (χ2v) is 7.92. The molecule has 3 rings (SSSR count).